The van der Waals surface area contributed by atoms with E-state index in [1.807, 2.05) is 6.20 Å². The Morgan fingerprint density at radius 2 is 2.11 bits per heavy atom. The van der Waals surface area contributed by atoms with Crippen molar-refractivity contribution < 1.29 is 0 Å². The maximum absolute atomic E-state index is 4.26. The molecule has 0 aliphatic heterocycles. The van der Waals surface area contributed by atoms with Crippen molar-refractivity contribution in [3.05, 3.63) is 11.9 Å². The maximum atomic E-state index is 4.26. The lowest BCUT2D eigenvalue weighted by Crippen LogP contribution is -2.25. The highest BCUT2D eigenvalue weighted by Gasteiger charge is 2.66. The second-order valence-corrected chi connectivity index (χ2v) is 6.71. The fraction of sp³-hybridized carbons (Fsp3) is 0.867. The molecule has 4 rings (SSSR count). The SMILES string of the molecule is CCCn1nncc1C(NC)C1C2C3CCC(C3)C21. The van der Waals surface area contributed by atoms with E-state index in [9.17, 15) is 0 Å². The van der Waals surface area contributed by atoms with Crippen molar-refractivity contribution in [2.24, 2.45) is 29.6 Å². The molecule has 0 amide bonds. The van der Waals surface area contributed by atoms with Gasteiger partial charge in [-0.05, 0) is 62.3 Å². The molecule has 4 heteroatoms. The van der Waals surface area contributed by atoms with Crippen molar-refractivity contribution in [1.82, 2.24) is 20.3 Å². The molecule has 0 spiro atoms. The van der Waals surface area contributed by atoms with E-state index in [2.05, 4.69) is 34.3 Å². The van der Waals surface area contributed by atoms with Crippen molar-refractivity contribution in [2.75, 3.05) is 7.05 Å². The average molecular weight is 260 g/mol. The normalized spacial score (nSPS) is 40.4. The lowest BCUT2D eigenvalue weighted by molar-refractivity contribution is 0.366. The molecular weight excluding hydrogens is 236 g/mol. The first kappa shape index (κ1) is 11.9. The van der Waals surface area contributed by atoms with E-state index in [-0.39, 0.29) is 0 Å². The van der Waals surface area contributed by atoms with Crippen molar-refractivity contribution in [3.8, 4) is 0 Å². The van der Waals surface area contributed by atoms with Gasteiger partial charge in [0.1, 0.15) is 0 Å². The Kier molecular flexibility index (Phi) is 2.69. The number of aryl methyl sites for hydroxylation is 1. The van der Waals surface area contributed by atoms with E-state index < -0.39 is 0 Å². The van der Waals surface area contributed by atoms with Crippen LogP contribution in [0.25, 0.3) is 0 Å². The lowest BCUT2D eigenvalue weighted by atomic mass is 9.96. The number of nitrogens with one attached hydrogen (secondary N) is 1. The minimum Gasteiger partial charge on any atom is -0.311 e. The van der Waals surface area contributed by atoms with Crippen LogP contribution >= 0.6 is 0 Å². The van der Waals surface area contributed by atoms with Crippen molar-refractivity contribution >= 4 is 0 Å². The summed E-state index contributed by atoms with van der Waals surface area (Å²) in [6.45, 7) is 3.19. The first-order valence-electron chi connectivity index (χ1n) is 7.90. The summed E-state index contributed by atoms with van der Waals surface area (Å²) in [4.78, 5) is 0. The van der Waals surface area contributed by atoms with Gasteiger partial charge in [-0.25, -0.2) is 4.68 Å². The third-order valence-corrected chi connectivity index (χ3v) is 5.89. The van der Waals surface area contributed by atoms with Gasteiger partial charge in [-0.1, -0.05) is 12.1 Å². The molecule has 0 radical (unpaired) electrons. The summed E-state index contributed by atoms with van der Waals surface area (Å²) in [5.74, 6) is 4.92. The smallest absolute Gasteiger partial charge is 0.0759 e. The van der Waals surface area contributed by atoms with Crippen LogP contribution in [0.5, 0.6) is 0 Å². The Morgan fingerprint density at radius 3 is 2.74 bits per heavy atom. The molecule has 3 fully saturated rings. The van der Waals surface area contributed by atoms with Gasteiger partial charge < -0.3 is 5.32 Å². The predicted octanol–water partition coefficient (Wildman–Crippen LogP) is 2.24. The summed E-state index contributed by atoms with van der Waals surface area (Å²) in [7, 11) is 2.10. The van der Waals surface area contributed by atoms with E-state index in [0.717, 1.165) is 42.6 Å². The number of hydrogen-bond acceptors (Lipinski definition) is 3. The molecule has 4 nitrogen and oxygen atoms in total. The Hall–Kier alpha value is -0.900. The molecule has 104 valence electrons. The summed E-state index contributed by atoms with van der Waals surface area (Å²) in [5, 5.41) is 12.0. The topological polar surface area (TPSA) is 42.7 Å². The zero-order chi connectivity index (χ0) is 13.0. The van der Waals surface area contributed by atoms with Gasteiger partial charge in [0.2, 0.25) is 0 Å². The van der Waals surface area contributed by atoms with Crippen molar-refractivity contribution in [3.63, 3.8) is 0 Å². The zero-order valence-corrected chi connectivity index (χ0v) is 11.9. The summed E-state index contributed by atoms with van der Waals surface area (Å²) < 4.78 is 2.11. The van der Waals surface area contributed by atoms with E-state index in [1.165, 1.54) is 25.0 Å². The summed E-state index contributed by atoms with van der Waals surface area (Å²) in [6.07, 6.45) is 7.60. The fourth-order valence-electron chi connectivity index (χ4n) is 5.27. The van der Waals surface area contributed by atoms with Gasteiger partial charge >= 0.3 is 0 Å². The highest BCUT2D eigenvalue weighted by molar-refractivity contribution is 5.20. The molecule has 1 heterocycles. The van der Waals surface area contributed by atoms with Gasteiger partial charge in [0.05, 0.1) is 17.9 Å². The van der Waals surface area contributed by atoms with E-state index in [4.69, 9.17) is 0 Å². The molecule has 1 aromatic heterocycles. The van der Waals surface area contributed by atoms with Gasteiger partial charge in [0.25, 0.3) is 0 Å². The van der Waals surface area contributed by atoms with Crippen LogP contribution < -0.4 is 5.32 Å². The summed E-state index contributed by atoms with van der Waals surface area (Å²) in [5.41, 5.74) is 1.31. The predicted molar refractivity (Wildman–Crippen MR) is 73.4 cm³/mol. The fourth-order valence-corrected chi connectivity index (χ4v) is 5.27. The molecular formula is C15H24N4. The minimum atomic E-state index is 0.472. The van der Waals surface area contributed by atoms with Gasteiger partial charge in [-0.15, -0.1) is 5.10 Å². The second-order valence-electron chi connectivity index (χ2n) is 6.71. The van der Waals surface area contributed by atoms with Gasteiger partial charge in [-0.2, -0.15) is 0 Å². The number of nitrogens with zero attached hydrogens (tertiary/aromatic N) is 3. The van der Waals surface area contributed by atoms with Gasteiger partial charge in [0, 0.05) is 6.54 Å². The van der Waals surface area contributed by atoms with Crippen LogP contribution in [0.3, 0.4) is 0 Å². The third kappa shape index (κ3) is 1.62. The number of aromatic nitrogens is 3. The molecule has 19 heavy (non-hydrogen) atoms. The molecule has 2 bridgehead atoms. The molecule has 3 saturated carbocycles. The molecule has 3 aliphatic rings. The number of hydrogen-bond donors (Lipinski definition) is 1. The van der Waals surface area contributed by atoms with Crippen LogP contribution in [0.15, 0.2) is 6.20 Å². The van der Waals surface area contributed by atoms with Crippen LogP contribution in [0, 0.1) is 29.6 Å². The number of rotatable bonds is 5. The lowest BCUT2D eigenvalue weighted by Gasteiger charge is -2.20. The third-order valence-electron chi connectivity index (χ3n) is 5.89. The van der Waals surface area contributed by atoms with Gasteiger partial charge in [-0.3, -0.25) is 0 Å². The molecule has 5 atom stereocenters. The largest absolute Gasteiger partial charge is 0.311 e. The monoisotopic (exact) mass is 260 g/mol. The first-order chi connectivity index (χ1) is 9.35. The quantitative estimate of drug-likeness (QED) is 0.883. The van der Waals surface area contributed by atoms with Crippen LogP contribution in [0.1, 0.15) is 44.3 Å². The molecule has 5 unspecified atom stereocenters. The summed E-state index contributed by atoms with van der Waals surface area (Å²) >= 11 is 0. The van der Waals surface area contributed by atoms with Gasteiger partial charge in [0.15, 0.2) is 0 Å². The standard InChI is InChI=1S/C15H24N4/c1-3-6-19-11(8-17-18-19)15(16-2)14-12-9-4-5-10(7-9)13(12)14/h8-10,12-16H,3-7H2,1-2H3. The molecule has 0 aromatic carbocycles. The van der Waals surface area contributed by atoms with E-state index in [0.29, 0.717) is 6.04 Å². The van der Waals surface area contributed by atoms with E-state index >= 15 is 0 Å². The zero-order valence-electron chi connectivity index (χ0n) is 11.9. The number of fused-ring (bicyclic) bond motifs is 5. The van der Waals surface area contributed by atoms with Crippen LogP contribution in [0.4, 0.5) is 0 Å². The second kappa shape index (κ2) is 4.30. The Labute approximate surface area is 115 Å². The van der Waals surface area contributed by atoms with Crippen molar-refractivity contribution in [2.45, 2.75) is 45.2 Å². The molecule has 3 aliphatic carbocycles. The van der Waals surface area contributed by atoms with E-state index in [1.54, 1.807) is 0 Å². The maximum Gasteiger partial charge on any atom is 0.0759 e. The Morgan fingerprint density at radius 1 is 1.37 bits per heavy atom. The Balaban J connectivity index is 1.57. The van der Waals surface area contributed by atoms with Crippen LogP contribution in [0.2, 0.25) is 0 Å². The molecule has 0 saturated heterocycles. The minimum absolute atomic E-state index is 0.472. The highest BCUT2D eigenvalue weighted by atomic mass is 15.4. The van der Waals surface area contributed by atoms with Crippen LogP contribution in [-0.4, -0.2) is 22.0 Å². The van der Waals surface area contributed by atoms with Crippen LogP contribution in [-0.2, 0) is 6.54 Å². The summed E-state index contributed by atoms with van der Waals surface area (Å²) in [6, 6.07) is 0.472. The molecule has 1 N–H and O–H groups in total. The average Bonchev–Trinajstić information content (AvgIpc) is 2.81. The Bertz CT molecular complexity index is 452. The first-order valence-corrected chi connectivity index (χ1v) is 7.90. The molecule has 1 aromatic rings. The van der Waals surface area contributed by atoms with Crippen molar-refractivity contribution in [1.29, 1.82) is 0 Å². The highest BCUT2D eigenvalue weighted by Crippen LogP contribution is 2.72.